The molecule has 1 aliphatic heterocycles. The van der Waals surface area contributed by atoms with E-state index in [4.69, 9.17) is 25.9 Å². The highest BCUT2D eigenvalue weighted by Gasteiger charge is 2.42. The summed E-state index contributed by atoms with van der Waals surface area (Å²) in [6.45, 7) is 5.67. The molecule has 1 fully saturated rings. The number of halogens is 1. The normalized spacial score (nSPS) is 14.6. The van der Waals surface area contributed by atoms with Gasteiger partial charge in [-0.3, -0.25) is 9.59 Å². The molecule has 0 bridgehead atoms. The van der Waals surface area contributed by atoms with Crippen LogP contribution in [0.1, 0.15) is 104 Å². The van der Waals surface area contributed by atoms with E-state index in [1.807, 2.05) is 6.92 Å². The number of benzene rings is 1. The van der Waals surface area contributed by atoms with Crippen LogP contribution in [0.5, 0.6) is 5.75 Å². The molecule has 1 unspecified atom stereocenters. The van der Waals surface area contributed by atoms with Crippen LogP contribution in [0.3, 0.4) is 0 Å². The molecule has 1 aromatic carbocycles. The fourth-order valence-corrected chi connectivity index (χ4v) is 4.45. The SMILES string of the molecule is CC#CON(C(=O)CN1C(=O)OC(CCCC)C1=O)c1cc(Cl)ccc1OCCCCCCCCCCCC. The minimum absolute atomic E-state index is 0.241. The Morgan fingerprint density at radius 1 is 1.00 bits per heavy atom. The maximum Gasteiger partial charge on any atom is 0.417 e. The van der Waals surface area contributed by atoms with Crippen molar-refractivity contribution in [2.24, 2.45) is 0 Å². The summed E-state index contributed by atoms with van der Waals surface area (Å²) in [5.41, 5.74) is 0.241. The van der Waals surface area contributed by atoms with Crippen molar-refractivity contribution in [2.75, 3.05) is 18.2 Å². The van der Waals surface area contributed by atoms with Gasteiger partial charge in [-0.05, 0) is 37.5 Å². The lowest BCUT2D eigenvalue weighted by Crippen LogP contribution is -2.43. The van der Waals surface area contributed by atoms with Crippen LogP contribution in [0, 0.1) is 12.0 Å². The Hall–Kier alpha value is -2.92. The van der Waals surface area contributed by atoms with Crippen LogP contribution in [0.2, 0.25) is 5.02 Å². The predicted molar refractivity (Wildman–Crippen MR) is 152 cm³/mol. The van der Waals surface area contributed by atoms with Crippen LogP contribution in [-0.4, -0.2) is 42.1 Å². The van der Waals surface area contributed by atoms with Crippen LogP contribution >= 0.6 is 11.6 Å². The van der Waals surface area contributed by atoms with E-state index >= 15 is 0 Å². The van der Waals surface area contributed by atoms with Crippen molar-refractivity contribution in [2.45, 2.75) is 110 Å². The minimum Gasteiger partial charge on any atom is -0.491 e. The molecule has 39 heavy (non-hydrogen) atoms. The highest BCUT2D eigenvalue weighted by Crippen LogP contribution is 2.32. The van der Waals surface area contributed by atoms with E-state index in [0.29, 0.717) is 23.8 Å². The summed E-state index contributed by atoms with van der Waals surface area (Å²) in [5.74, 6) is 1.74. The average molecular weight is 563 g/mol. The van der Waals surface area contributed by atoms with Gasteiger partial charge in [0.1, 0.15) is 24.1 Å². The summed E-state index contributed by atoms with van der Waals surface area (Å²) >= 11 is 6.23. The zero-order valence-corrected chi connectivity index (χ0v) is 24.4. The molecule has 0 spiro atoms. The van der Waals surface area contributed by atoms with Crippen LogP contribution in [0.15, 0.2) is 18.2 Å². The smallest absolute Gasteiger partial charge is 0.417 e. The quantitative estimate of drug-likeness (QED) is 0.0990. The maximum absolute atomic E-state index is 13.3. The monoisotopic (exact) mass is 562 g/mol. The zero-order chi connectivity index (χ0) is 28.5. The van der Waals surface area contributed by atoms with E-state index in [9.17, 15) is 14.4 Å². The van der Waals surface area contributed by atoms with E-state index in [1.54, 1.807) is 19.1 Å². The van der Waals surface area contributed by atoms with Crippen molar-refractivity contribution in [1.29, 1.82) is 0 Å². The lowest BCUT2D eigenvalue weighted by molar-refractivity contribution is -0.134. The number of anilines is 1. The Labute approximate surface area is 238 Å². The maximum atomic E-state index is 13.3. The molecule has 0 radical (unpaired) electrons. The molecule has 9 heteroatoms. The molecule has 3 amide bonds. The lowest BCUT2D eigenvalue weighted by Gasteiger charge is -2.23. The van der Waals surface area contributed by atoms with Crippen molar-refractivity contribution in [3.05, 3.63) is 23.2 Å². The molecular weight excluding hydrogens is 520 g/mol. The van der Waals surface area contributed by atoms with Crippen LogP contribution < -0.4 is 9.80 Å². The first kappa shape index (κ1) is 32.3. The van der Waals surface area contributed by atoms with Gasteiger partial charge in [0.05, 0.1) is 6.61 Å². The molecule has 0 saturated carbocycles. The second kappa shape index (κ2) is 18.4. The Morgan fingerprint density at radius 2 is 1.64 bits per heavy atom. The molecule has 1 saturated heterocycles. The van der Waals surface area contributed by atoms with E-state index < -0.39 is 30.6 Å². The number of carbonyl (C=O) groups is 3. The average Bonchev–Trinajstić information content (AvgIpc) is 3.19. The third kappa shape index (κ3) is 11.0. The van der Waals surface area contributed by atoms with Gasteiger partial charge in [0.15, 0.2) is 6.10 Å². The number of imide groups is 1. The van der Waals surface area contributed by atoms with E-state index in [-0.39, 0.29) is 5.69 Å². The lowest BCUT2D eigenvalue weighted by atomic mass is 10.1. The third-order valence-electron chi connectivity index (χ3n) is 6.48. The summed E-state index contributed by atoms with van der Waals surface area (Å²) in [5, 5.41) is 1.27. The van der Waals surface area contributed by atoms with E-state index in [1.165, 1.54) is 51.0 Å². The summed E-state index contributed by atoms with van der Waals surface area (Å²) < 4.78 is 11.2. The van der Waals surface area contributed by atoms with Gasteiger partial charge in [-0.15, -0.1) is 5.06 Å². The largest absolute Gasteiger partial charge is 0.491 e. The predicted octanol–water partition coefficient (Wildman–Crippen LogP) is 7.42. The van der Waals surface area contributed by atoms with Crippen LogP contribution in [0.25, 0.3) is 0 Å². The summed E-state index contributed by atoms with van der Waals surface area (Å²) in [7, 11) is 0. The van der Waals surface area contributed by atoms with Crippen LogP contribution in [0.4, 0.5) is 10.5 Å². The van der Waals surface area contributed by atoms with Gasteiger partial charge in [0, 0.05) is 11.9 Å². The molecule has 2 rings (SSSR count). The Kier molecular flexibility index (Phi) is 15.2. The number of carbonyl (C=O) groups excluding carboxylic acids is 3. The van der Waals surface area contributed by atoms with Gasteiger partial charge < -0.3 is 14.3 Å². The number of rotatable bonds is 19. The molecular formula is C30H43ClN2O6. The topological polar surface area (TPSA) is 85.4 Å². The molecule has 1 atom stereocenters. The molecule has 216 valence electrons. The molecule has 0 N–H and O–H groups in total. The Bertz CT molecular complexity index is 989. The summed E-state index contributed by atoms with van der Waals surface area (Å²) in [4.78, 5) is 44.5. The minimum atomic E-state index is -0.874. The fourth-order valence-electron chi connectivity index (χ4n) is 4.28. The van der Waals surface area contributed by atoms with Crippen molar-refractivity contribution in [3.63, 3.8) is 0 Å². The van der Waals surface area contributed by atoms with Gasteiger partial charge in [0.25, 0.3) is 11.8 Å². The first-order chi connectivity index (χ1) is 18.9. The number of hydrogen-bond acceptors (Lipinski definition) is 6. The van der Waals surface area contributed by atoms with Crippen molar-refractivity contribution in [3.8, 4) is 17.8 Å². The molecule has 1 heterocycles. The summed E-state index contributed by atoms with van der Waals surface area (Å²) in [6.07, 6.45) is 14.8. The first-order valence-electron chi connectivity index (χ1n) is 14.3. The van der Waals surface area contributed by atoms with Gasteiger partial charge in [-0.25, -0.2) is 9.69 Å². The first-order valence-corrected chi connectivity index (χ1v) is 14.7. The highest BCUT2D eigenvalue weighted by atomic mass is 35.5. The number of amides is 3. The van der Waals surface area contributed by atoms with Crippen LogP contribution in [-0.2, 0) is 19.2 Å². The molecule has 1 aliphatic rings. The number of hydroxylamine groups is 1. The van der Waals surface area contributed by atoms with Gasteiger partial charge in [-0.2, -0.15) is 0 Å². The Morgan fingerprint density at radius 3 is 2.28 bits per heavy atom. The number of unbranched alkanes of at least 4 members (excludes halogenated alkanes) is 10. The Balaban J connectivity index is 1.97. The van der Waals surface area contributed by atoms with E-state index in [0.717, 1.165) is 42.1 Å². The summed E-state index contributed by atoms with van der Waals surface area (Å²) in [6, 6.07) is 4.85. The number of nitrogens with zero attached hydrogens (tertiary/aromatic N) is 2. The second-order valence-corrected chi connectivity index (χ2v) is 10.1. The van der Waals surface area contributed by atoms with Crippen molar-refractivity contribution >= 4 is 35.2 Å². The number of cyclic esters (lactones) is 1. The van der Waals surface area contributed by atoms with Gasteiger partial charge in [0.2, 0.25) is 0 Å². The van der Waals surface area contributed by atoms with Crippen molar-refractivity contribution in [1.82, 2.24) is 4.90 Å². The van der Waals surface area contributed by atoms with Gasteiger partial charge >= 0.3 is 6.09 Å². The number of ether oxygens (including phenoxy) is 2. The highest BCUT2D eigenvalue weighted by molar-refractivity contribution is 6.31. The van der Waals surface area contributed by atoms with Crippen molar-refractivity contribution < 1.29 is 28.7 Å². The van der Waals surface area contributed by atoms with E-state index in [2.05, 4.69) is 19.0 Å². The zero-order valence-electron chi connectivity index (χ0n) is 23.6. The standard InChI is InChI=1S/C30H43ClN2O6/c1-4-7-9-10-11-12-13-14-15-16-21-37-26-19-18-24(31)22-25(26)33(38-20-6-3)28(34)23-32-29(35)27(17-8-5-2)39-30(32)36/h18-19,22,27H,4-5,7-17,21,23H2,1-3H3. The second-order valence-electron chi connectivity index (χ2n) is 9.71. The third-order valence-corrected chi connectivity index (χ3v) is 6.71. The molecule has 8 nitrogen and oxygen atoms in total. The number of hydrogen-bond donors (Lipinski definition) is 0. The molecule has 0 aliphatic carbocycles. The fraction of sp³-hybridized carbons (Fsp3) is 0.633. The van der Waals surface area contributed by atoms with Gasteiger partial charge in [-0.1, -0.05) is 95.6 Å². The molecule has 1 aromatic rings. The molecule has 0 aromatic heterocycles.